The molecule has 0 aliphatic carbocycles. The van der Waals surface area contributed by atoms with Gasteiger partial charge in [0, 0.05) is 13.6 Å². The molecule has 1 aromatic rings. The van der Waals surface area contributed by atoms with E-state index < -0.39 is 0 Å². The molecule has 2 rings (SSSR count). The molecule has 1 aromatic heterocycles. The van der Waals surface area contributed by atoms with Crippen molar-refractivity contribution in [1.29, 1.82) is 0 Å². The molecule has 0 unspecified atom stereocenters. The fourth-order valence-corrected chi connectivity index (χ4v) is 2.91. The predicted octanol–water partition coefficient (Wildman–Crippen LogP) is 1.16. The van der Waals surface area contributed by atoms with Crippen molar-refractivity contribution >= 4 is 5.97 Å². The summed E-state index contributed by atoms with van der Waals surface area (Å²) >= 11 is 0. The highest BCUT2D eigenvalue weighted by Gasteiger charge is 2.23. The van der Waals surface area contributed by atoms with Gasteiger partial charge in [-0.2, -0.15) is 5.10 Å². The van der Waals surface area contributed by atoms with Crippen molar-refractivity contribution in [3.8, 4) is 0 Å². The van der Waals surface area contributed by atoms with Crippen LogP contribution >= 0.6 is 0 Å². The molecule has 0 bridgehead atoms. The first-order valence-corrected chi connectivity index (χ1v) is 7.76. The van der Waals surface area contributed by atoms with E-state index in [1.807, 2.05) is 14.0 Å². The molecule has 2 heterocycles. The third kappa shape index (κ3) is 4.04. The molecule has 6 heteroatoms. The average Bonchev–Trinajstić information content (AvgIpc) is 2.83. The van der Waals surface area contributed by atoms with Crippen molar-refractivity contribution in [3.63, 3.8) is 0 Å². The van der Waals surface area contributed by atoms with Gasteiger partial charge in [-0.3, -0.25) is 9.58 Å². The van der Waals surface area contributed by atoms with E-state index >= 15 is 0 Å². The smallest absolute Gasteiger partial charge is 0.341 e. The van der Waals surface area contributed by atoms with Crippen LogP contribution in [0.1, 0.15) is 42.2 Å². The van der Waals surface area contributed by atoms with Gasteiger partial charge in [0.25, 0.3) is 0 Å². The van der Waals surface area contributed by atoms with Crippen molar-refractivity contribution < 1.29 is 9.53 Å². The van der Waals surface area contributed by atoms with E-state index in [4.69, 9.17) is 10.5 Å². The van der Waals surface area contributed by atoms with Gasteiger partial charge < -0.3 is 10.5 Å². The number of hydrogen-bond acceptors (Lipinski definition) is 5. The van der Waals surface area contributed by atoms with Crippen LogP contribution in [0.15, 0.2) is 6.20 Å². The molecule has 1 aliphatic heterocycles. The third-order valence-electron chi connectivity index (χ3n) is 4.21. The first-order chi connectivity index (χ1) is 10.2. The maximum Gasteiger partial charge on any atom is 0.341 e. The van der Waals surface area contributed by atoms with E-state index in [1.54, 1.807) is 10.9 Å². The lowest BCUT2D eigenvalue weighted by Gasteiger charge is -2.31. The molecule has 1 fully saturated rings. The maximum absolute atomic E-state index is 11.9. The Labute approximate surface area is 126 Å². The Morgan fingerprint density at radius 3 is 2.81 bits per heavy atom. The molecule has 118 valence electrons. The number of aromatic nitrogens is 2. The Bertz CT molecular complexity index is 464. The number of rotatable bonds is 6. The molecule has 0 saturated carbocycles. The Morgan fingerprint density at radius 2 is 2.19 bits per heavy atom. The maximum atomic E-state index is 11.9. The van der Waals surface area contributed by atoms with E-state index in [0.29, 0.717) is 12.2 Å². The third-order valence-corrected chi connectivity index (χ3v) is 4.21. The quantitative estimate of drug-likeness (QED) is 0.797. The van der Waals surface area contributed by atoms with Gasteiger partial charge in [0.1, 0.15) is 5.56 Å². The molecule has 1 aliphatic rings. The van der Waals surface area contributed by atoms with Gasteiger partial charge in [-0.15, -0.1) is 0 Å². The lowest BCUT2D eigenvalue weighted by Crippen LogP contribution is -2.34. The summed E-state index contributed by atoms with van der Waals surface area (Å²) in [6, 6.07) is 0. The topological polar surface area (TPSA) is 73.4 Å². The highest BCUT2D eigenvalue weighted by atomic mass is 16.5. The molecule has 6 nitrogen and oxygen atoms in total. The van der Waals surface area contributed by atoms with Crippen LogP contribution in [0.4, 0.5) is 0 Å². The van der Waals surface area contributed by atoms with Gasteiger partial charge >= 0.3 is 5.97 Å². The van der Waals surface area contributed by atoms with Crippen molar-refractivity contribution in [2.45, 2.75) is 32.7 Å². The summed E-state index contributed by atoms with van der Waals surface area (Å²) in [5, 5.41) is 4.20. The monoisotopic (exact) mass is 294 g/mol. The largest absolute Gasteiger partial charge is 0.462 e. The zero-order chi connectivity index (χ0) is 15.2. The molecule has 0 radical (unpaired) electrons. The fraction of sp³-hybridized carbons (Fsp3) is 0.733. The molecule has 21 heavy (non-hydrogen) atoms. The van der Waals surface area contributed by atoms with Crippen LogP contribution in [0.3, 0.4) is 0 Å². The summed E-state index contributed by atoms with van der Waals surface area (Å²) in [6.45, 7) is 5.84. The van der Waals surface area contributed by atoms with Crippen LogP contribution in [0, 0.1) is 5.92 Å². The van der Waals surface area contributed by atoms with Gasteiger partial charge in [0.2, 0.25) is 0 Å². The fourth-order valence-electron chi connectivity index (χ4n) is 2.91. The van der Waals surface area contributed by atoms with Gasteiger partial charge in [-0.1, -0.05) is 0 Å². The summed E-state index contributed by atoms with van der Waals surface area (Å²) < 4.78 is 6.87. The Kier molecular flexibility index (Phi) is 5.76. The first kappa shape index (κ1) is 16.0. The molecule has 2 N–H and O–H groups in total. The number of nitrogens with zero attached hydrogens (tertiary/aromatic N) is 3. The van der Waals surface area contributed by atoms with Crippen LogP contribution in [0.25, 0.3) is 0 Å². The minimum atomic E-state index is -0.279. The van der Waals surface area contributed by atoms with Crippen molar-refractivity contribution in [3.05, 3.63) is 17.5 Å². The molecule has 1 saturated heterocycles. The predicted molar refractivity (Wildman–Crippen MR) is 80.8 cm³/mol. The molecular weight excluding hydrogens is 268 g/mol. The summed E-state index contributed by atoms with van der Waals surface area (Å²) in [5.41, 5.74) is 7.15. The Morgan fingerprint density at radius 1 is 1.48 bits per heavy atom. The van der Waals surface area contributed by atoms with Crippen molar-refractivity contribution in [2.75, 3.05) is 26.2 Å². The number of esters is 1. The number of nitrogens with two attached hydrogens (primary N) is 1. The number of carbonyl (C=O) groups excluding carboxylic acids is 1. The number of hydrogen-bond donors (Lipinski definition) is 1. The summed E-state index contributed by atoms with van der Waals surface area (Å²) in [6.07, 6.45) is 5.09. The minimum Gasteiger partial charge on any atom is -0.462 e. The van der Waals surface area contributed by atoms with Gasteiger partial charge in [0.15, 0.2) is 0 Å². The standard InChI is InChI=1S/C15H26N4O2/c1-3-21-15(20)13-10-17-18(2)14(13)11-19-8-5-12(4-7-16)6-9-19/h10,12H,3-9,11,16H2,1-2H3. The molecule has 0 aromatic carbocycles. The van der Waals surface area contributed by atoms with Crippen LogP contribution in [0.2, 0.25) is 0 Å². The van der Waals surface area contributed by atoms with Crippen LogP contribution in [-0.4, -0.2) is 46.9 Å². The zero-order valence-corrected chi connectivity index (χ0v) is 13.0. The van der Waals surface area contributed by atoms with E-state index in [2.05, 4.69) is 10.00 Å². The van der Waals surface area contributed by atoms with Crippen LogP contribution < -0.4 is 5.73 Å². The normalized spacial score (nSPS) is 17.1. The number of carbonyl (C=O) groups is 1. The summed E-state index contributed by atoms with van der Waals surface area (Å²) in [4.78, 5) is 14.3. The van der Waals surface area contributed by atoms with Gasteiger partial charge in [-0.25, -0.2) is 4.79 Å². The number of piperidine rings is 1. The van der Waals surface area contributed by atoms with Crippen molar-refractivity contribution in [2.24, 2.45) is 18.7 Å². The van der Waals surface area contributed by atoms with E-state index in [-0.39, 0.29) is 5.97 Å². The SMILES string of the molecule is CCOC(=O)c1cnn(C)c1CN1CCC(CCN)CC1. The van der Waals surface area contributed by atoms with E-state index in [0.717, 1.165) is 44.2 Å². The number of aryl methyl sites for hydroxylation is 1. The molecular formula is C15H26N4O2. The average molecular weight is 294 g/mol. The van der Waals surface area contributed by atoms with Gasteiger partial charge in [-0.05, 0) is 51.7 Å². The Hall–Kier alpha value is -1.40. The molecule has 0 spiro atoms. The van der Waals surface area contributed by atoms with E-state index in [9.17, 15) is 4.79 Å². The lowest BCUT2D eigenvalue weighted by atomic mass is 9.93. The highest BCUT2D eigenvalue weighted by Crippen LogP contribution is 2.22. The van der Waals surface area contributed by atoms with Crippen LogP contribution in [0.5, 0.6) is 0 Å². The summed E-state index contributed by atoms with van der Waals surface area (Å²) in [5.74, 6) is 0.473. The highest BCUT2D eigenvalue weighted by molar-refractivity contribution is 5.90. The number of ether oxygens (including phenoxy) is 1. The van der Waals surface area contributed by atoms with Crippen molar-refractivity contribution in [1.82, 2.24) is 14.7 Å². The number of likely N-dealkylation sites (tertiary alicyclic amines) is 1. The van der Waals surface area contributed by atoms with Gasteiger partial charge in [0.05, 0.1) is 18.5 Å². The first-order valence-electron chi connectivity index (χ1n) is 7.76. The summed E-state index contributed by atoms with van der Waals surface area (Å²) in [7, 11) is 1.87. The molecule has 0 amide bonds. The molecule has 0 atom stereocenters. The van der Waals surface area contributed by atoms with Crippen LogP contribution in [-0.2, 0) is 18.3 Å². The second-order valence-corrected chi connectivity index (χ2v) is 5.65. The lowest BCUT2D eigenvalue weighted by molar-refractivity contribution is 0.0523. The van der Waals surface area contributed by atoms with E-state index in [1.165, 1.54) is 12.8 Å². The Balaban J connectivity index is 1.97. The second kappa shape index (κ2) is 7.56. The second-order valence-electron chi connectivity index (χ2n) is 5.65. The zero-order valence-electron chi connectivity index (χ0n) is 13.0. The minimum absolute atomic E-state index is 0.279.